The number of carbonyl (C=O) groups is 2. The number of Topliss-reactive ketones (excluding diaryl/α,β-unsaturated/α-hetero) is 1. The molecule has 1 N–H and O–H groups in total. The number of fused-ring (bicyclic) bond motifs is 2. The summed E-state index contributed by atoms with van der Waals surface area (Å²) in [4.78, 5) is 37.3. The van der Waals surface area contributed by atoms with E-state index in [4.69, 9.17) is 0 Å². The summed E-state index contributed by atoms with van der Waals surface area (Å²) in [5.41, 5.74) is 4.10. The van der Waals surface area contributed by atoms with E-state index in [0.29, 0.717) is 0 Å². The van der Waals surface area contributed by atoms with Gasteiger partial charge in [0.05, 0.1) is 5.25 Å². The second-order valence-corrected chi connectivity index (χ2v) is 9.17. The quantitative estimate of drug-likeness (QED) is 0.646. The molecule has 2 fully saturated rings. The second-order valence-electron chi connectivity index (χ2n) is 7.82. The molecular formula is C22H17N3O2S. The first-order valence-corrected chi connectivity index (χ1v) is 10.4. The molecule has 2 unspecified atom stereocenters. The van der Waals surface area contributed by atoms with Crippen LogP contribution in [-0.2, 0) is 9.59 Å². The molecule has 2 saturated carbocycles. The van der Waals surface area contributed by atoms with Crippen molar-refractivity contribution in [2.45, 2.75) is 23.8 Å². The van der Waals surface area contributed by atoms with Gasteiger partial charge in [0.15, 0.2) is 11.6 Å². The van der Waals surface area contributed by atoms with E-state index in [0.717, 1.165) is 39.9 Å². The molecule has 0 bridgehead atoms. The predicted octanol–water partition coefficient (Wildman–Crippen LogP) is 3.50. The Bertz CT molecular complexity index is 1200. The van der Waals surface area contributed by atoms with Gasteiger partial charge in [0, 0.05) is 46.1 Å². The Morgan fingerprint density at radius 2 is 2.32 bits per heavy atom. The molecule has 4 atom stereocenters. The monoisotopic (exact) mass is 387 g/mol. The topological polar surface area (TPSA) is 75.2 Å². The van der Waals surface area contributed by atoms with E-state index in [9.17, 15) is 9.59 Å². The number of hydrogen-bond donors (Lipinski definition) is 1. The van der Waals surface area contributed by atoms with E-state index in [1.807, 2.05) is 30.5 Å². The smallest absolute Gasteiger partial charge is 0.182 e. The van der Waals surface area contributed by atoms with E-state index in [1.54, 1.807) is 30.2 Å². The zero-order chi connectivity index (χ0) is 19.0. The highest BCUT2D eigenvalue weighted by Crippen LogP contribution is 2.66. The first-order chi connectivity index (χ1) is 13.6. The number of aromatic nitrogens is 2. The van der Waals surface area contributed by atoms with Crippen molar-refractivity contribution >= 4 is 46.1 Å². The van der Waals surface area contributed by atoms with Crippen LogP contribution in [0.3, 0.4) is 0 Å². The second kappa shape index (κ2) is 5.41. The summed E-state index contributed by atoms with van der Waals surface area (Å²) >= 11 is 1.68. The number of pyridine rings is 1. The van der Waals surface area contributed by atoms with Crippen molar-refractivity contribution < 1.29 is 9.59 Å². The van der Waals surface area contributed by atoms with E-state index in [1.165, 1.54) is 0 Å². The number of aromatic amines is 1. The van der Waals surface area contributed by atoms with Crippen molar-refractivity contribution in [3.8, 4) is 0 Å². The number of ketones is 2. The summed E-state index contributed by atoms with van der Waals surface area (Å²) < 4.78 is 0. The average molecular weight is 387 g/mol. The fourth-order valence-electron chi connectivity index (χ4n) is 4.92. The summed E-state index contributed by atoms with van der Waals surface area (Å²) in [6, 6.07) is 3.87. The molecule has 4 heterocycles. The van der Waals surface area contributed by atoms with Gasteiger partial charge in [-0.15, -0.1) is 11.8 Å². The lowest BCUT2D eigenvalue weighted by Gasteiger charge is -2.32. The fourth-order valence-corrected chi connectivity index (χ4v) is 6.51. The summed E-state index contributed by atoms with van der Waals surface area (Å²) in [5.74, 6) is 0.526. The average Bonchev–Trinajstić information content (AvgIpc) is 3.19. The molecule has 0 amide bonds. The molecule has 2 aromatic rings. The molecule has 0 radical (unpaired) electrons. The number of thioether (sulfide) groups is 1. The minimum Gasteiger partial charge on any atom is -0.346 e. The number of rotatable bonds is 3. The lowest BCUT2D eigenvalue weighted by molar-refractivity contribution is -0.113. The summed E-state index contributed by atoms with van der Waals surface area (Å²) in [5, 5.41) is 0.979. The summed E-state index contributed by atoms with van der Waals surface area (Å²) in [6.45, 7) is 2.14. The predicted molar refractivity (Wildman–Crippen MR) is 110 cm³/mol. The highest BCUT2D eigenvalue weighted by molar-refractivity contribution is 8.01. The number of aliphatic imine (C=N–C) groups is 1. The molecule has 138 valence electrons. The van der Waals surface area contributed by atoms with Gasteiger partial charge >= 0.3 is 0 Å². The van der Waals surface area contributed by atoms with Crippen LogP contribution in [0.2, 0.25) is 0 Å². The molecule has 2 aliphatic carbocycles. The Kier molecular flexibility index (Phi) is 3.14. The van der Waals surface area contributed by atoms with Gasteiger partial charge < -0.3 is 4.98 Å². The lowest BCUT2D eigenvalue weighted by atomic mass is 9.73. The Morgan fingerprint density at radius 1 is 1.43 bits per heavy atom. The van der Waals surface area contributed by atoms with E-state index < -0.39 is 5.41 Å². The van der Waals surface area contributed by atoms with Gasteiger partial charge in [-0.1, -0.05) is 13.0 Å². The first-order valence-electron chi connectivity index (χ1n) is 9.46. The van der Waals surface area contributed by atoms with Crippen molar-refractivity contribution in [2.24, 2.45) is 16.3 Å². The SMILES string of the molecule is C[C@H]1C[C@H]2SC(C(=O)/C=C/c3c[nH]c4ncccc34)C=C2C23C(=O)C2=CN=C13. The Balaban J connectivity index is 1.30. The van der Waals surface area contributed by atoms with E-state index in [2.05, 4.69) is 21.9 Å². The number of nitrogens with one attached hydrogen (secondary N) is 1. The van der Waals surface area contributed by atoms with Crippen LogP contribution in [0.5, 0.6) is 0 Å². The molecule has 0 saturated heterocycles. The van der Waals surface area contributed by atoms with Gasteiger partial charge in [0.1, 0.15) is 11.1 Å². The number of nitrogens with zero attached hydrogens (tertiary/aromatic N) is 2. The van der Waals surface area contributed by atoms with Crippen LogP contribution in [0.4, 0.5) is 0 Å². The molecule has 0 aromatic carbocycles. The van der Waals surface area contributed by atoms with Gasteiger partial charge in [-0.3, -0.25) is 14.6 Å². The van der Waals surface area contributed by atoms with E-state index >= 15 is 0 Å². The van der Waals surface area contributed by atoms with Gasteiger partial charge in [-0.2, -0.15) is 0 Å². The minimum absolute atomic E-state index is 0.0595. The van der Waals surface area contributed by atoms with Crippen molar-refractivity contribution in [3.05, 3.63) is 59.6 Å². The number of H-pyrrole nitrogens is 1. The van der Waals surface area contributed by atoms with Crippen LogP contribution >= 0.6 is 11.8 Å². The van der Waals surface area contributed by atoms with Crippen LogP contribution in [0.25, 0.3) is 17.1 Å². The third-order valence-electron chi connectivity index (χ3n) is 6.29. The standard InChI is InChI=1S/C22H17N3O2S/c1-11-7-17-14(22-15(20(22)27)10-24-19(11)22)8-18(28-17)16(26)5-4-12-9-25-21-13(12)3-2-6-23-21/h2-6,8-11,17-18H,7H2,1H3,(H,23,25)/b5-4+/t11-,17+,18?,22?/m0/s1. The molecular weight excluding hydrogens is 370 g/mol. The first kappa shape index (κ1) is 16.2. The van der Waals surface area contributed by atoms with Crippen LogP contribution in [0.15, 0.2) is 59.0 Å². The fraction of sp³-hybridized carbons (Fsp3) is 0.273. The Labute approximate surface area is 165 Å². The highest BCUT2D eigenvalue weighted by Gasteiger charge is 2.72. The largest absolute Gasteiger partial charge is 0.346 e. The molecule has 2 aliphatic heterocycles. The highest BCUT2D eigenvalue weighted by atomic mass is 32.2. The zero-order valence-electron chi connectivity index (χ0n) is 15.2. The van der Waals surface area contributed by atoms with Crippen molar-refractivity contribution in [1.82, 2.24) is 9.97 Å². The molecule has 5 nitrogen and oxygen atoms in total. The van der Waals surface area contributed by atoms with Crippen molar-refractivity contribution in [2.75, 3.05) is 0 Å². The normalized spacial score (nSPS) is 32.7. The van der Waals surface area contributed by atoms with E-state index in [-0.39, 0.29) is 28.0 Å². The van der Waals surface area contributed by atoms with Crippen LogP contribution in [-0.4, -0.2) is 37.7 Å². The third-order valence-corrected chi connectivity index (χ3v) is 7.73. The molecule has 2 aromatic heterocycles. The number of allylic oxidation sites excluding steroid dienone is 2. The molecule has 1 spiro atoms. The van der Waals surface area contributed by atoms with Crippen molar-refractivity contribution in [3.63, 3.8) is 0 Å². The minimum atomic E-state index is -0.573. The van der Waals surface area contributed by atoms with Crippen LogP contribution < -0.4 is 0 Å². The maximum atomic E-state index is 12.9. The third kappa shape index (κ3) is 1.93. The number of hydrogen-bond acceptors (Lipinski definition) is 5. The molecule has 6 rings (SSSR count). The Morgan fingerprint density at radius 3 is 3.18 bits per heavy atom. The molecule has 28 heavy (non-hydrogen) atoms. The summed E-state index contributed by atoms with van der Waals surface area (Å²) in [6.07, 6.45) is 11.8. The van der Waals surface area contributed by atoms with Gasteiger partial charge in [0.25, 0.3) is 0 Å². The molecule has 6 heteroatoms. The van der Waals surface area contributed by atoms with Gasteiger partial charge in [-0.25, -0.2) is 4.98 Å². The number of carbonyl (C=O) groups excluding carboxylic acids is 2. The van der Waals surface area contributed by atoms with Gasteiger partial charge in [0.2, 0.25) is 0 Å². The zero-order valence-corrected chi connectivity index (χ0v) is 16.0. The Hall–Kier alpha value is -2.73. The summed E-state index contributed by atoms with van der Waals surface area (Å²) in [7, 11) is 0. The van der Waals surface area contributed by atoms with Crippen LogP contribution in [0, 0.1) is 11.3 Å². The van der Waals surface area contributed by atoms with Crippen LogP contribution in [0.1, 0.15) is 18.9 Å². The van der Waals surface area contributed by atoms with Crippen molar-refractivity contribution in [1.29, 1.82) is 0 Å². The maximum Gasteiger partial charge on any atom is 0.182 e. The van der Waals surface area contributed by atoms with Gasteiger partial charge in [-0.05, 0) is 42.2 Å². The lowest BCUT2D eigenvalue weighted by Crippen LogP contribution is -2.36. The maximum absolute atomic E-state index is 12.9. The molecule has 4 aliphatic rings.